The van der Waals surface area contributed by atoms with Crippen LogP contribution in [0.1, 0.15) is 40.5 Å². The molecule has 2 rings (SSSR count). The second-order valence-corrected chi connectivity index (χ2v) is 6.25. The van der Waals surface area contributed by atoms with Gasteiger partial charge in [0, 0.05) is 44.8 Å². The van der Waals surface area contributed by atoms with Crippen molar-refractivity contribution in [3.63, 3.8) is 0 Å². The van der Waals surface area contributed by atoms with Gasteiger partial charge in [0.25, 0.3) is 0 Å². The lowest BCUT2D eigenvalue weighted by atomic mass is 9.95. The van der Waals surface area contributed by atoms with Crippen molar-refractivity contribution >= 4 is 0 Å². The molecule has 0 aromatic rings. The van der Waals surface area contributed by atoms with Gasteiger partial charge in [-0.3, -0.25) is 10.3 Å². The number of nitrogens with zero attached hydrogens (tertiary/aromatic N) is 3. The Hall–Kier alpha value is -0.160. The predicted octanol–water partition coefficient (Wildman–Crippen LogP) is 1.88. The number of piperidine rings is 1. The average Bonchev–Trinajstić information content (AvgIpc) is 2.47. The summed E-state index contributed by atoms with van der Waals surface area (Å²) in [5.74, 6) is 0.896. The standard InChI is InChI=1S/C14H30N4.C2H6/c1-12-10-17(13(2)9-16(12)4)11-14-5-7-18(15-3)8-6-14;1-2/h12-15H,5-11H2,1-4H3;1-2H3. The monoisotopic (exact) mass is 284 g/mol. The van der Waals surface area contributed by atoms with Crippen molar-refractivity contribution in [3.05, 3.63) is 0 Å². The number of hydrogen-bond donors (Lipinski definition) is 1. The second-order valence-electron chi connectivity index (χ2n) is 6.25. The molecule has 0 aromatic carbocycles. The van der Waals surface area contributed by atoms with E-state index in [0.717, 1.165) is 5.92 Å². The summed E-state index contributed by atoms with van der Waals surface area (Å²) >= 11 is 0. The number of likely N-dealkylation sites (N-methyl/N-ethyl adjacent to an activating group) is 1. The minimum absolute atomic E-state index is 0.707. The average molecular weight is 284 g/mol. The molecule has 4 heteroatoms. The molecule has 2 atom stereocenters. The summed E-state index contributed by atoms with van der Waals surface area (Å²) in [4.78, 5) is 5.20. The van der Waals surface area contributed by atoms with Crippen molar-refractivity contribution in [2.75, 3.05) is 46.8 Å². The van der Waals surface area contributed by atoms with E-state index < -0.39 is 0 Å². The Morgan fingerprint density at radius 3 is 2.15 bits per heavy atom. The maximum atomic E-state index is 3.26. The Kier molecular flexibility index (Phi) is 8.03. The molecule has 2 saturated heterocycles. The summed E-state index contributed by atoms with van der Waals surface area (Å²) in [6, 6.07) is 1.42. The zero-order valence-electron chi connectivity index (χ0n) is 14.5. The fourth-order valence-electron chi connectivity index (χ4n) is 3.30. The molecule has 0 bridgehead atoms. The normalized spacial score (nSPS) is 30.9. The Morgan fingerprint density at radius 2 is 1.60 bits per heavy atom. The lowest BCUT2D eigenvalue weighted by Crippen LogP contribution is -2.56. The molecular weight excluding hydrogens is 248 g/mol. The van der Waals surface area contributed by atoms with Crippen molar-refractivity contribution in [2.45, 2.75) is 52.6 Å². The van der Waals surface area contributed by atoms with Gasteiger partial charge in [0.15, 0.2) is 0 Å². The van der Waals surface area contributed by atoms with Crippen LogP contribution in [0.5, 0.6) is 0 Å². The van der Waals surface area contributed by atoms with Gasteiger partial charge in [-0.15, -0.1) is 0 Å². The second kappa shape index (κ2) is 8.98. The first-order valence-corrected chi connectivity index (χ1v) is 8.46. The highest BCUT2D eigenvalue weighted by molar-refractivity contribution is 4.85. The van der Waals surface area contributed by atoms with Gasteiger partial charge in [0.1, 0.15) is 0 Å². The lowest BCUT2D eigenvalue weighted by Gasteiger charge is -2.44. The molecule has 0 radical (unpaired) electrons. The van der Waals surface area contributed by atoms with E-state index in [1.165, 1.54) is 45.6 Å². The summed E-state index contributed by atoms with van der Waals surface area (Å²) in [5, 5.41) is 2.34. The molecule has 0 saturated carbocycles. The van der Waals surface area contributed by atoms with Crippen molar-refractivity contribution in [1.29, 1.82) is 0 Å². The van der Waals surface area contributed by atoms with Gasteiger partial charge in [0.05, 0.1) is 0 Å². The van der Waals surface area contributed by atoms with Gasteiger partial charge < -0.3 is 4.90 Å². The minimum Gasteiger partial charge on any atom is -0.301 e. The molecule has 2 heterocycles. The van der Waals surface area contributed by atoms with Crippen LogP contribution in [-0.4, -0.2) is 73.7 Å². The van der Waals surface area contributed by atoms with Crippen LogP contribution in [0, 0.1) is 5.92 Å². The summed E-state index contributed by atoms with van der Waals surface area (Å²) in [6.07, 6.45) is 2.68. The Bertz CT molecular complexity index is 251. The maximum absolute atomic E-state index is 3.26. The predicted molar refractivity (Wildman–Crippen MR) is 87.8 cm³/mol. The first kappa shape index (κ1) is 17.9. The van der Waals surface area contributed by atoms with Crippen LogP contribution >= 0.6 is 0 Å². The minimum atomic E-state index is 0.707. The van der Waals surface area contributed by atoms with Crippen LogP contribution in [0.15, 0.2) is 0 Å². The summed E-state index contributed by atoms with van der Waals surface area (Å²) in [7, 11) is 4.29. The van der Waals surface area contributed by atoms with E-state index in [-0.39, 0.29) is 0 Å². The van der Waals surface area contributed by atoms with Gasteiger partial charge in [-0.25, -0.2) is 5.01 Å². The number of piperazine rings is 1. The number of nitrogens with one attached hydrogen (secondary N) is 1. The van der Waals surface area contributed by atoms with Crippen molar-refractivity contribution < 1.29 is 0 Å². The van der Waals surface area contributed by atoms with Gasteiger partial charge in [-0.05, 0) is 46.7 Å². The lowest BCUT2D eigenvalue weighted by molar-refractivity contribution is 0.0342. The number of hydrazine groups is 1. The van der Waals surface area contributed by atoms with Crippen molar-refractivity contribution in [3.8, 4) is 0 Å². The highest BCUT2D eigenvalue weighted by Gasteiger charge is 2.29. The van der Waals surface area contributed by atoms with E-state index >= 15 is 0 Å². The summed E-state index contributed by atoms with van der Waals surface area (Å²) in [6.45, 7) is 14.9. The molecule has 4 nitrogen and oxygen atoms in total. The summed E-state index contributed by atoms with van der Waals surface area (Å²) in [5.41, 5.74) is 3.26. The van der Waals surface area contributed by atoms with Gasteiger partial charge in [0.2, 0.25) is 0 Å². The molecule has 2 aliphatic heterocycles. The molecule has 1 N–H and O–H groups in total. The van der Waals surface area contributed by atoms with Crippen LogP contribution in [0.3, 0.4) is 0 Å². The van der Waals surface area contributed by atoms with Crippen LogP contribution in [0.2, 0.25) is 0 Å². The molecule has 20 heavy (non-hydrogen) atoms. The third-order valence-electron chi connectivity index (χ3n) is 4.85. The molecule has 2 fully saturated rings. The fourth-order valence-corrected chi connectivity index (χ4v) is 3.30. The third kappa shape index (κ3) is 4.99. The largest absolute Gasteiger partial charge is 0.301 e. The molecule has 0 aromatic heterocycles. The maximum Gasteiger partial charge on any atom is 0.0195 e. The smallest absolute Gasteiger partial charge is 0.0195 e. The van der Waals surface area contributed by atoms with Crippen molar-refractivity contribution in [1.82, 2.24) is 20.2 Å². The van der Waals surface area contributed by atoms with E-state index in [9.17, 15) is 0 Å². The van der Waals surface area contributed by atoms with Crippen LogP contribution in [0.25, 0.3) is 0 Å². The van der Waals surface area contributed by atoms with Crippen molar-refractivity contribution in [2.24, 2.45) is 5.92 Å². The number of rotatable bonds is 3. The fraction of sp³-hybridized carbons (Fsp3) is 1.00. The quantitative estimate of drug-likeness (QED) is 0.854. The van der Waals surface area contributed by atoms with E-state index in [2.05, 4.69) is 41.1 Å². The first-order chi connectivity index (χ1) is 9.60. The summed E-state index contributed by atoms with van der Waals surface area (Å²) < 4.78 is 0. The van der Waals surface area contributed by atoms with Gasteiger partial charge in [-0.1, -0.05) is 13.8 Å². The molecule has 120 valence electrons. The third-order valence-corrected chi connectivity index (χ3v) is 4.85. The molecule has 0 amide bonds. The SMILES string of the molecule is CC.CNN1CCC(CN2CC(C)N(C)CC2C)CC1. The molecule has 2 aliphatic rings. The first-order valence-electron chi connectivity index (χ1n) is 8.46. The Balaban J connectivity index is 0.000000956. The van der Waals surface area contributed by atoms with Gasteiger partial charge >= 0.3 is 0 Å². The zero-order valence-corrected chi connectivity index (χ0v) is 14.5. The van der Waals surface area contributed by atoms with E-state index in [1.54, 1.807) is 0 Å². The topological polar surface area (TPSA) is 21.8 Å². The van der Waals surface area contributed by atoms with E-state index in [0.29, 0.717) is 12.1 Å². The van der Waals surface area contributed by atoms with Gasteiger partial charge in [-0.2, -0.15) is 0 Å². The molecular formula is C16H36N4. The van der Waals surface area contributed by atoms with E-state index in [1.807, 2.05) is 20.9 Å². The Morgan fingerprint density at radius 1 is 1.00 bits per heavy atom. The molecule has 0 aliphatic carbocycles. The number of hydrogen-bond acceptors (Lipinski definition) is 4. The highest BCUT2D eigenvalue weighted by Crippen LogP contribution is 2.21. The van der Waals surface area contributed by atoms with Crippen LogP contribution in [0.4, 0.5) is 0 Å². The Labute approximate surface area is 126 Å². The zero-order chi connectivity index (χ0) is 15.1. The molecule has 0 spiro atoms. The van der Waals surface area contributed by atoms with E-state index in [4.69, 9.17) is 0 Å². The highest BCUT2D eigenvalue weighted by atomic mass is 15.5. The molecule has 2 unspecified atom stereocenters. The van der Waals surface area contributed by atoms with Crippen LogP contribution < -0.4 is 5.43 Å². The van der Waals surface area contributed by atoms with Crippen LogP contribution in [-0.2, 0) is 0 Å².